The second-order valence-corrected chi connectivity index (χ2v) is 5.77. The van der Waals surface area contributed by atoms with E-state index in [1.165, 1.54) is 0 Å². The Morgan fingerprint density at radius 2 is 1.61 bits per heavy atom. The highest BCUT2D eigenvalue weighted by Gasteiger charge is 2.34. The predicted molar refractivity (Wildman–Crippen MR) is 69.4 cm³/mol. The van der Waals surface area contributed by atoms with Gasteiger partial charge in [-0.3, -0.25) is 4.90 Å². The van der Waals surface area contributed by atoms with Crippen molar-refractivity contribution in [3.63, 3.8) is 0 Å². The number of nitrogens with zero attached hydrogens (tertiary/aromatic N) is 1. The van der Waals surface area contributed by atoms with E-state index < -0.39 is 12.6 Å². The Balaban J connectivity index is 4.51. The number of hydrogen-bond donors (Lipinski definition) is 1. The van der Waals surface area contributed by atoms with Crippen molar-refractivity contribution in [2.75, 3.05) is 13.6 Å². The molecule has 2 atom stereocenters. The van der Waals surface area contributed by atoms with E-state index in [4.69, 9.17) is 5.73 Å². The predicted octanol–water partition coefficient (Wildman–Crippen LogP) is 3.41. The van der Waals surface area contributed by atoms with Crippen LogP contribution in [-0.2, 0) is 0 Å². The topological polar surface area (TPSA) is 29.3 Å². The van der Waals surface area contributed by atoms with Crippen molar-refractivity contribution in [3.8, 4) is 0 Å². The molecule has 0 saturated carbocycles. The Labute approximate surface area is 109 Å². The Hall–Kier alpha value is -0.290. The van der Waals surface area contributed by atoms with Crippen molar-refractivity contribution in [2.24, 2.45) is 11.7 Å². The lowest BCUT2D eigenvalue weighted by atomic mass is 9.89. The maximum Gasteiger partial charge on any atom is 0.389 e. The quantitative estimate of drug-likeness (QED) is 0.766. The first-order chi connectivity index (χ1) is 8.03. The molecule has 0 bridgehead atoms. The van der Waals surface area contributed by atoms with Gasteiger partial charge in [0.05, 0.1) is 0 Å². The van der Waals surface area contributed by atoms with Crippen molar-refractivity contribution in [1.82, 2.24) is 4.90 Å². The summed E-state index contributed by atoms with van der Waals surface area (Å²) in [6, 6.07) is 0.296. The highest BCUT2D eigenvalue weighted by molar-refractivity contribution is 4.89. The monoisotopic (exact) mass is 268 g/mol. The number of halogens is 3. The van der Waals surface area contributed by atoms with Gasteiger partial charge in [0.25, 0.3) is 0 Å². The molecule has 0 fully saturated rings. The first-order valence-electron chi connectivity index (χ1n) is 6.53. The summed E-state index contributed by atoms with van der Waals surface area (Å²) in [6.07, 6.45) is -4.20. The van der Waals surface area contributed by atoms with Crippen LogP contribution in [0.15, 0.2) is 0 Å². The van der Waals surface area contributed by atoms with E-state index in [0.29, 0.717) is 24.9 Å². The molecule has 2 nitrogen and oxygen atoms in total. The van der Waals surface area contributed by atoms with Gasteiger partial charge in [-0.1, -0.05) is 13.8 Å². The highest BCUT2D eigenvalue weighted by Crippen LogP contribution is 2.28. The average molecular weight is 268 g/mol. The van der Waals surface area contributed by atoms with Gasteiger partial charge >= 0.3 is 6.18 Å². The lowest BCUT2D eigenvalue weighted by Crippen LogP contribution is -2.54. The Morgan fingerprint density at radius 1 is 1.11 bits per heavy atom. The Bertz CT molecular complexity index is 241. The molecule has 5 heteroatoms. The van der Waals surface area contributed by atoms with Crippen LogP contribution in [0.5, 0.6) is 0 Å². The van der Waals surface area contributed by atoms with Crippen LogP contribution in [0.1, 0.15) is 47.0 Å². The third kappa shape index (κ3) is 5.57. The molecule has 110 valence electrons. The van der Waals surface area contributed by atoms with Crippen molar-refractivity contribution in [1.29, 1.82) is 0 Å². The number of nitrogens with two attached hydrogens (primary N) is 1. The fourth-order valence-electron chi connectivity index (χ4n) is 2.03. The lowest BCUT2D eigenvalue weighted by molar-refractivity contribution is -0.137. The minimum atomic E-state index is -4.07. The van der Waals surface area contributed by atoms with Crippen LogP contribution in [0.4, 0.5) is 13.2 Å². The summed E-state index contributed by atoms with van der Waals surface area (Å²) in [6.45, 7) is 8.62. The number of hydrogen-bond acceptors (Lipinski definition) is 2. The molecule has 0 aliphatic rings. The van der Waals surface area contributed by atoms with E-state index in [9.17, 15) is 13.2 Å². The molecular formula is C13H27F3N2. The average Bonchev–Trinajstić information content (AvgIpc) is 2.24. The summed E-state index contributed by atoms with van der Waals surface area (Å²) in [5, 5.41) is 0. The SMILES string of the molecule is CC(C)C(C)N(C)C(C)(CN)CCCC(F)(F)F. The van der Waals surface area contributed by atoms with Gasteiger partial charge < -0.3 is 5.73 Å². The molecule has 0 spiro atoms. The van der Waals surface area contributed by atoms with Gasteiger partial charge in [0.2, 0.25) is 0 Å². The summed E-state index contributed by atoms with van der Waals surface area (Å²) in [7, 11) is 1.95. The minimum Gasteiger partial charge on any atom is -0.329 e. The van der Waals surface area contributed by atoms with Gasteiger partial charge in [0, 0.05) is 24.5 Å². The normalized spacial score (nSPS) is 18.2. The van der Waals surface area contributed by atoms with Crippen LogP contribution >= 0.6 is 0 Å². The Kier molecular flexibility index (Phi) is 6.65. The van der Waals surface area contributed by atoms with Crippen LogP contribution in [0.2, 0.25) is 0 Å². The molecule has 0 aromatic rings. The zero-order valence-electron chi connectivity index (χ0n) is 12.1. The summed E-state index contributed by atoms with van der Waals surface area (Å²) >= 11 is 0. The minimum absolute atomic E-state index is 0.131. The van der Waals surface area contributed by atoms with Gasteiger partial charge in [-0.25, -0.2) is 0 Å². The number of alkyl halides is 3. The summed E-state index contributed by atoms with van der Waals surface area (Å²) in [5.74, 6) is 0.448. The van der Waals surface area contributed by atoms with E-state index in [-0.39, 0.29) is 12.0 Å². The molecule has 0 amide bonds. The first-order valence-corrected chi connectivity index (χ1v) is 6.53. The van der Waals surface area contributed by atoms with Gasteiger partial charge in [0.1, 0.15) is 0 Å². The Morgan fingerprint density at radius 3 is 1.94 bits per heavy atom. The summed E-state index contributed by atoms with van der Waals surface area (Å²) in [4.78, 5) is 2.12. The molecular weight excluding hydrogens is 241 g/mol. The van der Waals surface area contributed by atoms with Gasteiger partial charge in [0.15, 0.2) is 0 Å². The van der Waals surface area contributed by atoms with Crippen LogP contribution in [0.3, 0.4) is 0 Å². The highest BCUT2D eigenvalue weighted by atomic mass is 19.4. The largest absolute Gasteiger partial charge is 0.389 e. The van der Waals surface area contributed by atoms with E-state index >= 15 is 0 Å². The molecule has 2 unspecified atom stereocenters. The molecule has 0 heterocycles. The third-order valence-electron chi connectivity index (χ3n) is 4.04. The molecule has 0 aliphatic heterocycles. The maximum absolute atomic E-state index is 12.2. The molecule has 18 heavy (non-hydrogen) atoms. The second-order valence-electron chi connectivity index (χ2n) is 5.77. The van der Waals surface area contributed by atoms with Crippen LogP contribution in [0.25, 0.3) is 0 Å². The van der Waals surface area contributed by atoms with Gasteiger partial charge in [-0.15, -0.1) is 0 Å². The molecule has 2 N–H and O–H groups in total. The smallest absolute Gasteiger partial charge is 0.329 e. The van der Waals surface area contributed by atoms with E-state index in [2.05, 4.69) is 25.7 Å². The van der Waals surface area contributed by atoms with E-state index in [1.807, 2.05) is 14.0 Å². The van der Waals surface area contributed by atoms with Crippen molar-refractivity contribution >= 4 is 0 Å². The number of likely N-dealkylation sites (N-methyl/N-ethyl adjacent to an activating group) is 1. The molecule has 0 rings (SSSR count). The fourth-order valence-corrected chi connectivity index (χ4v) is 2.03. The zero-order valence-corrected chi connectivity index (χ0v) is 12.1. The second kappa shape index (κ2) is 6.75. The van der Waals surface area contributed by atoms with Gasteiger partial charge in [-0.2, -0.15) is 13.2 Å². The summed E-state index contributed by atoms with van der Waals surface area (Å²) < 4.78 is 36.5. The fraction of sp³-hybridized carbons (Fsp3) is 1.00. The third-order valence-corrected chi connectivity index (χ3v) is 4.04. The molecule has 0 aromatic heterocycles. The van der Waals surface area contributed by atoms with Crippen molar-refractivity contribution < 1.29 is 13.2 Å². The van der Waals surface area contributed by atoms with Gasteiger partial charge in [-0.05, 0) is 39.7 Å². The molecule has 0 saturated heterocycles. The van der Waals surface area contributed by atoms with Crippen molar-refractivity contribution in [3.05, 3.63) is 0 Å². The molecule has 0 aromatic carbocycles. The van der Waals surface area contributed by atoms with E-state index in [1.54, 1.807) is 0 Å². The van der Waals surface area contributed by atoms with Crippen LogP contribution in [0, 0.1) is 5.92 Å². The van der Waals surface area contributed by atoms with Crippen LogP contribution < -0.4 is 5.73 Å². The maximum atomic E-state index is 12.2. The summed E-state index contributed by atoms with van der Waals surface area (Å²) in [5.41, 5.74) is 5.41. The van der Waals surface area contributed by atoms with Crippen molar-refractivity contribution in [2.45, 2.75) is 64.7 Å². The molecule has 0 aliphatic carbocycles. The zero-order chi connectivity index (χ0) is 14.6. The molecule has 0 radical (unpaired) electrons. The number of rotatable bonds is 7. The van der Waals surface area contributed by atoms with E-state index in [0.717, 1.165) is 0 Å². The lowest BCUT2D eigenvalue weighted by Gasteiger charge is -2.43. The van der Waals surface area contributed by atoms with Crippen LogP contribution in [-0.4, -0.2) is 36.2 Å². The first kappa shape index (κ1) is 17.7. The standard InChI is InChI=1S/C13H27F3N2/c1-10(2)11(3)18(5)12(4,9-17)7-6-8-13(14,15)16/h10-11H,6-9,17H2,1-5H3.